The largest absolute Gasteiger partial charge is 0.264 e. The van der Waals surface area contributed by atoms with Crippen molar-refractivity contribution in [1.29, 1.82) is 0 Å². The zero-order valence-electron chi connectivity index (χ0n) is 15.4. The molecule has 0 spiro atoms. The summed E-state index contributed by atoms with van der Waals surface area (Å²) in [5.74, 6) is 0. The Morgan fingerprint density at radius 1 is 1.04 bits per heavy atom. The summed E-state index contributed by atoms with van der Waals surface area (Å²) in [5, 5.41) is 1.61. The van der Waals surface area contributed by atoms with Crippen LogP contribution in [0.1, 0.15) is 63.4 Å². The maximum absolute atomic E-state index is 6.65. The first kappa shape index (κ1) is 19.2. The highest BCUT2D eigenvalue weighted by atomic mass is 35.5. The first-order chi connectivity index (χ1) is 11.0. The number of rotatable bonds is 4. The summed E-state index contributed by atoms with van der Waals surface area (Å²) in [6.45, 7) is 12.9. The van der Waals surface area contributed by atoms with Crippen LogP contribution in [0.4, 0.5) is 0 Å². The molecule has 0 fully saturated rings. The fraction of sp³-hybridized carbons (Fsp3) is 0.500. The van der Waals surface area contributed by atoms with Crippen LogP contribution in [-0.2, 0) is 17.3 Å². The molecule has 4 heteroatoms. The van der Waals surface area contributed by atoms with E-state index in [4.69, 9.17) is 23.2 Å². The normalized spacial score (nSPS) is 12.5. The molecule has 0 saturated carbocycles. The van der Waals surface area contributed by atoms with Gasteiger partial charge in [0.25, 0.3) is 0 Å². The summed E-state index contributed by atoms with van der Waals surface area (Å²) in [5.41, 5.74) is 4.18. The molecule has 2 aromatic heterocycles. The molecule has 2 aromatic rings. The summed E-state index contributed by atoms with van der Waals surface area (Å²) in [6, 6.07) is 1.86. The number of aryl methyl sites for hydroxylation is 2. The molecule has 0 radical (unpaired) electrons. The van der Waals surface area contributed by atoms with Crippen LogP contribution >= 0.6 is 23.2 Å². The highest BCUT2D eigenvalue weighted by Crippen LogP contribution is 2.37. The highest BCUT2D eigenvalue weighted by Gasteiger charge is 2.27. The van der Waals surface area contributed by atoms with Crippen molar-refractivity contribution < 1.29 is 0 Å². The molecule has 2 heterocycles. The fourth-order valence-electron chi connectivity index (χ4n) is 3.11. The van der Waals surface area contributed by atoms with Crippen molar-refractivity contribution in [1.82, 2.24) is 9.97 Å². The van der Waals surface area contributed by atoms with Crippen molar-refractivity contribution in [3.8, 4) is 0 Å². The van der Waals surface area contributed by atoms with Crippen molar-refractivity contribution in [2.24, 2.45) is 0 Å². The zero-order valence-corrected chi connectivity index (χ0v) is 16.9. The molecule has 0 aliphatic heterocycles. The van der Waals surface area contributed by atoms with Gasteiger partial charge in [0.2, 0.25) is 0 Å². The summed E-state index contributed by atoms with van der Waals surface area (Å²) >= 11 is 13.1. The quantitative estimate of drug-likeness (QED) is 0.635. The van der Waals surface area contributed by atoms with Crippen molar-refractivity contribution in [3.63, 3.8) is 0 Å². The van der Waals surface area contributed by atoms with Crippen LogP contribution in [0.15, 0.2) is 24.7 Å². The van der Waals surface area contributed by atoms with E-state index >= 15 is 0 Å². The number of aromatic nitrogens is 2. The molecule has 0 saturated heterocycles. The van der Waals surface area contributed by atoms with Crippen molar-refractivity contribution in [2.75, 3.05) is 0 Å². The molecular weight excluding hydrogens is 339 g/mol. The van der Waals surface area contributed by atoms with Gasteiger partial charge in [0, 0.05) is 29.3 Å². The highest BCUT2D eigenvalue weighted by molar-refractivity contribution is 6.32. The number of halogens is 2. The number of hydrogen-bond donors (Lipinski definition) is 0. The Morgan fingerprint density at radius 2 is 1.71 bits per heavy atom. The van der Waals surface area contributed by atoms with E-state index in [1.54, 1.807) is 6.20 Å². The Kier molecular flexibility index (Phi) is 5.61. The van der Waals surface area contributed by atoms with E-state index in [1.165, 1.54) is 0 Å². The summed E-state index contributed by atoms with van der Waals surface area (Å²) in [4.78, 5) is 8.80. The predicted molar refractivity (Wildman–Crippen MR) is 103 cm³/mol. The van der Waals surface area contributed by atoms with Crippen LogP contribution in [-0.4, -0.2) is 9.97 Å². The second-order valence-corrected chi connectivity index (χ2v) is 8.83. The minimum Gasteiger partial charge on any atom is -0.264 e. The van der Waals surface area contributed by atoms with Gasteiger partial charge in [-0.3, -0.25) is 9.97 Å². The van der Waals surface area contributed by atoms with Crippen molar-refractivity contribution in [2.45, 2.75) is 65.2 Å². The van der Waals surface area contributed by atoms with E-state index in [2.05, 4.69) is 44.6 Å². The number of nitrogens with zero attached hydrogens (tertiary/aromatic N) is 2. The SMILES string of the molecule is Cc1nccc(Cl)c1C(C)(C)CCc1cncc(C(C)(C)C)c1Cl. The molecule has 2 rings (SSSR count). The monoisotopic (exact) mass is 364 g/mol. The van der Waals surface area contributed by atoms with E-state index in [0.29, 0.717) is 0 Å². The lowest BCUT2D eigenvalue weighted by Crippen LogP contribution is -2.21. The summed E-state index contributed by atoms with van der Waals surface area (Å²) < 4.78 is 0. The second-order valence-electron chi connectivity index (χ2n) is 8.05. The van der Waals surface area contributed by atoms with Gasteiger partial charge >= 0.3 is 0 Å². The molecule has 0 N–H and O–H groups in total. The predicted octanol–water partition coefficient (Wildman–Crippen LogP) is 6.30. The standard InChI is InChI=1S/C20H26Cl2N2/c1-13-17(16(21)8-10-24-13)20(5,6)9-7-14-11-23-12-15(18(14)22)19(2,3)4/h8,10-12H,7,9H2,1-6H3. The second kappa shape index (κ2) is 7.01. The molecular formula is C20H26Cl2N2. The minimum absolute atomic E-state index is 0.0150. The van der Waals surface area contributed by atoms with Gasteiger partial charge < -0.3 is 0 Å². The van der Waals surface area contributed by atoms with Crippen molar-refractivity contribution in [3.05, 3.63) is 57.1 Å². The molecule has 0 aliphatic rings. The average Bonchev–Trinajstić information content (AvgIpc) is 2.44. The van der Waals surface area contributed by atoms with E-state index in [0.717, 1.165) is 45.3 Å². The van der Waals surface area contributed by atoms with Gasteiger partial charge in [-0.25, -0.2) is 0 Å². The van der Waals surface area contributed by atoms with Gasteiger partial charge in [-0.05, 0) is 53.4 Å². The van der Waals surface area contributed by atoms with E-state index in [1.807, 2.05) is 25.4 Å². The maximum atomic E-state index is 6.65. The van der Waals surface area contributed by atoms with Gasteiger partial charge in [-0.1, -0.05) is 57.8 Å². The lowest BCUT2D eigenvalue weighted by atomic mass is 9.78. The maximum Gasteiger partial charge on any atom is 0.0506 e. The van der Waals surface area contributed by atoms with Crippen LogP contribution < -0.4 is 0 Å². The van der Waals surface area contributed by atoms with Crippen LogP contribution in [0.2, 0.25) is 10.0 Å². The first-order valence-corrected chi connectivity index (χ1v) is 9.04. The Morgan fingerprint density at radius 3 is 2.29 bits per heavy atom. The van der Waals surface area contributed by atoms with Crippen LogP contribution in [0.25, 0.3) is 0 Å². The minimum atomic E-state index is -0.0868. The Bertz CT molecular complexity index is 711. The van der Waals surface area contributed by atoms with Crippen LogP contribution in [0.3, 0.4) is 0 Å². The molecule has 0 aliphatic carbocycles. The third-order valence-electron chi connectivity index (χ3n) is 4.55. The van der Waals surface area contributed by atoms with Crippen LogP contribution in [0, 0.1) is 6.92 Å². The number of hydrogen-bond acceptors (Lipinski definition) is 2. The third-order valence-corrected chi connectivity index (χ3v) is 5.31. The molecule has 2 nitrogen and oxygen atoms in total. The Labute approximate surface area is 155 Å². The molecule has 0 unspecified atom stereocenters. The van der Waals surface area contributed by atoms with Gasteiger partial charge in [0.15, 0.2) is 0 Å². The Hall–Kier alpha value is -1.12. The average molecular weight is 365 g/mol. The van der Waals surface area contributed by atoms with Gasteiger partial charge in [-0.15, -0.1) is 0 Å². The molecule has 130 valence electrons. The van der Waals surface area contributed by atoms with Gasteiger partial charge in [0.1, 0.15) is 0 Å². The Balaban J connectivity index is 2.28. The molecule has 0 aromatic carbocycles. The van der Waals surface area contributed by atoms with Gasteiger partial charge in [-0.2, -0.15) is 0 Å². The molecule has 0 amide bonds. The fourth-order valence-corrected chi connectivity index (χ4v) is 4.03. The van der Waals surface area contributed by atoms with Crippen molar-refractivity contribution >= 4 is 23.2 Å². The van der Waals surface area contributed by atoms with Crippen LogP contribution in [0.5, 0.6) is 0 Å². The lowest BCUT2D eigenvalue weighted by molar-refractivity contribution is 0.474. The van der Waals surface area contributed by atoms with E-state index < -0.39 is 0 Å². The van der Waals surface area contributed by atoms with E-state index in [9.17, 15) is 0 Å². The van der Waals surface area contributed by atoms with E-state index in [-0.39, 0.29) is 10.8 Å². The number of pyridine rings is 2. The first-order valence-electron chi connectivity index (χ1n) is 8.28. The third kappa shape index (κ3) is 4.10. The zero-order chi connectivity index (χ0) is 18.1. The molecule has 0 bridgehead atoms. The topological polar surface area (TPSA) is 25.8 Å². The molecule has 24 heavy (non-hydrogen) atoms. The summed E-state index contributed by atoms with van der Waals surface area (Å²) in [6.07, 6.45) is 7.29. The lowest BCUT2D eigenvalue weighted by Gasteiger charge is -2.28. The molecule has 0 atom stereocenters. The summed E-state index contributed by atoms with van der Waals surface area (Å²) in [7, 11) is 0. The van der Waals surface area contributed by atoms with Gasteiger partial charge in [0.05, 0.1) is 5.02 Å². The smallest absolute Gasteiger partial charge is 0.0506 e.